The number of sulfonamides is 1. The molecule has 1 atom stereocenters. The first-order valence-electron chi connectivity index (χ1n) is 5.48. The fourth-order valence-corrected chi connectivity index (χ4v) is 2.62. The Kier molecular flexibility index (Phi) is 7.13. The number of nitrogens with one attached hydrogen (secondary N) is 1. The fraction of sp³-hybridized carbons (Fsp3) is 1.00. The average molecular weight is 237 g/mol. The van der Waals surface area contributed by atoms with Crippen molar-refractivity contribution in [3.8, 4) is 0 Å². The van der Waals surface area contributed by atoms with Crippen molar-refractivity contribution in [2.45, 2.75) is 46.1 Å². The Labute approximate surface area is 93.1 Å². The van der Waals surface area contributed by atoms with Crippen LogP contribution in [0, 0.1) is 5.92 Å². The maximum absolute atomic E-state index is 11.4. The van der Waals surface area contributed by atoms with Gasteiger partial charge in [0.15, 0.2) is 0 Å². The lowest BCUT2D eigenvalue weighted by Gasteiger charge is -2.14. The molecule has 0 aromatic rings. The van der Waals surface area contributed by atoms with E-state index >= 15 is 0 Å². The second kappa shape index (κ2) is 7.19. The molecule has 0 aliphatic carbocycles. The summed E-state index contributed by atoms with van der Waals surface area (Å²) in [6.45, 7) is 6.03. The molecule has 0 aliphatic heterocycles. The molecule has 0 aromatic heterocycles. The number of aliphatic hydroxyl groups excluding tert-OH is 1. The number of hydrogen-bond acceptors (Lipinski definition) is 3. The molecular weight excluding hydrogens is 214 g/mol. The second-order valence-corrected chi connectivity index (χ2v) is 6.26. The molecule has 0 bridgehead atoms. The highest BCUT2D eigenvalue weighted by Gasteiger charge is 2.13. The van der Waals surface area contributed by atoms with Crippen molar-refractivity contribution in [1.29, 1.82) is 0 Å². The third-order valence-corrected chi connectivity index (χ3v) is 3.72. The molecular formula is C10H23NO3S. The van der Waals surface area contributed by atoms with E-state index in [0.717, 1.165) is 12.8 Å². The van der Waals surface area contributed by atoms with Crippen LogP contribution in [0.15, 0.2) is 0 Å². The predicted octanol–water partition coefficient (Wildman–Crippen LogP) is 1.11. The van der Waals surface area contributed by atoms with Gasteiger partial charge in [0.05, 0.1) is 5.75 Å². The van der Waals surface area contributed by atoms with Crippen LogP contribution in [-0.2, 0) is 10.0 Å². The summed E-state index contributed by atoms with van der Waals surface area (Å²) < 4.78 is 25.5. The van der Waals surface area contributed by atoms with E-state index in [1.165, 1.54) is 0 Å². The standard InChI is InChI=1S/C10H23NO3S/c1-9(2)5-6-10(3)11-15(13,14)8-4-7-12/h9-12H,4-8H2,1-3H3. The molecule has 4 nitrogen and oxygen atoms in total. The quantitative estimate of drug-likeness (QED) is 0.664. The van der Waals surface area contributed by atoms with Crippen LogP contribution in [0.2, 0.25) is 0 Å². The normalized spacial score (nSPS) is 14.5. The Morgan fingerprint density at radius 3 is 2.27 bits per heavy atom. The lowest BCUT2D eigenvalue weighted by Crippen LogP contribution is -2.34. The van der Waals surface area contributed by atoms with Gasteiger partial charge in [0, 0.05) is 12.6 Å². The monoisotopic (exact) mass is 237 g/mol. The molecule has 15 heavy (non-hydrogen) atoms. The summed E-state index contributed by atoms with van der Waals surface area (Å²) in [6.07, 6.45) is 2.17. The van der Waals surface area contributed by atoms with Gasteiger partial charge >= 0.3 is 0 Å². The average Bonchev–Trinajstić information content (AvgIpc) is 2.11. The zero-order chi connectivity index (χ0) is 11.9. The minimum absolute atomic E-state index is 0.00944. The molecule has 0 aromatic carbocycles. The van der Waals surface area contributed by atoms with E-state index in [1.807, 2.05) is 6.92 Å². The third kappa shape index (κ3) is 8.84. The van der Waals surface area contributed by atoms with Crippen molar-refractivity contribution in [3.63, 3.8) is 0 Å². The summed E-state index contributed by atoms with van der Waals surface area (Å²) in [7, 11) is -3.20. The first-order valence-corrected chi connectivity index (χ1v) is 7.13. The Hall–Kier alpha value is -0.130. The van der Waals surface area contributed by atoms with Crippen LogP contribution >= 0.6 is 0 Å². The predicted molar refractivity (Wildman–Crippen MR) is 62.2 cm³/mol. The van der Waals surface area contributed by atoms with E-state index in [1.54, 1.807) is 0 Å². The summed E-state index contributed by atoms with van der Waals surface area (Å²) in [6, 6.07) is -0.0175. The minimum Gasteiger partial charge on any atom is -0.396 e. The van der Waals surface area contributed by atoms with Crippen LogP contribution < -0.4 is 4.72 Å². The molecule has 2 N–H and O–H groups in total. The van der Waals surface area contributed by atoms with E-state index in [2.05, 4.69) is 18.6 Å². The van der Waals surface area contributed by atoms with Crippen LogP contribution in [0.3, 0.4) is 0 Å². The zero-order valence-corrected chi connectivity index (χ0v) is 10.7. The highest BCUT2D eigenvalue weighted by molar-refractivity contribution is 7.89. The van der Waals surface area contributed by atoms with Gasteiger partial charge in [-0.2, -0.15) is 0 Å². The topological polar surface area (TPSA) is 66.4 Å². The van der Waals surface area contributed by atoms with Crippen LogP contribution in [0.1, 0.15) is 40.0 Å². The maximum Gasteiger partial charge on any atom is 0.211 e. The summed E-state index contributed by atoms with van der Waals surface area (Å²) in [4.78, 5) is 0. The molecule has 0 amide bonds. The molecule has 0 aliphatic rings. The maximum atomic E-state index is 11.4. The van der Waals surface area contributed by atoms with Crippen LogP contribution in [0.4, 0.5) is 0 Å². The Morgan fingerprint density at radius 1 is 1.20 bits per heavy atom. The van der Waals surface area contributed by atoms with E-state index in [4.69, 9.17) is 5.11 Å². The fourth-order valence-electron chi connectivity index (χ4n) is 1.26. The summed E-state index contributed by atoms with van der Waals surface area (Å²) in [5, 5.41) is 8.55. The molecule has 0 heterocycles. The molecule has 0 radical (unpaired) electrons. The number of hydrogen-bond donors (Lipinski definition) is 2. The van der Waals surface area contributed by atoms with Crippen LogP contribution in [-0.4, -0.2) is 31.9 Å². The molecule has 0 spiro atoms. The van der Waals surface area contributed by atoms with E-state index in [9.17, 15) is 8.42 Å². The molecule has 0 saturated heterocycles. The van der Waals surface area contributed by atoms with Crippen LogP contribution in [0.5, 0.6) is 0 Å². The van der Waals surface area contributed by atoms with Gasteiger partial charge < -0.3 is 5.11 Å². The summed E-state index contributed by atoms with van der Waals surface area (Å²) in [5.74, 6) is 0.601. The number of aliphatic hydroxyl groups is 1. The lowest BCUT2D eigenvalue weighted by atomic mass is 10.1. The summed E-state index contributed by atoms with van der Waals surface area (Å²) >= 11 is 0. The van der Waals surface area contributed by atoms with Gasteiger partial charge in [-0.3, -0.25) is 0 Å². The second-order valence-electron chi connectivity index (χ2n) is 4.39. The van der Waals surface area contributed by atoms with E-state index < -0.39 is 10.0 Å². The van der Waals surface area contributed by atoms with Crippen molar-refractivity contribution in [2.24, 2.45) is 5.92 Å². The highest BCUT2D eigenvalue weighted by atomic mass is 32.2. The third-order valence-electron chi connectivity index (χ3n) is 2.13. The van der Waals surface area contributed by atoms with Gasteiger partial charge in [0.1, 0.15) is 0 Å². The molecule has 0 fully saturated rings. The minimum atomic E-state index is -3.20. The molecule has 92 valence electrons. The van der Waals surface area contributed by atoms with Gasteiger partial charge in [-0.1, -0.05) is 13.8 Å². The van der Waals surface area contributed by atoms with Gasteiger partial charge in [0.25, 0.3) is 0 Å². The van der Waals surface area contributed by atoms with Gasteiger partial charge in [-0.25, -0.2) is 13.1 Å². The van der Waals surface area contributed by atoms with Gasteiger partial charge in [0.2, 0.25) is 10.0 Å². The molecule has 0 saturated carbocycles. The van der Waals surface area contributed by atoms with Crippen molar-refractivity contribution >= 4 is 10.0 Å². The first-order chi connectivity index (χ1) is 6.87. The zero-order valence-electron chi connectivity index (χ0n) is 9.86. The van der Waals surface area contributed by atoms with Gasteiger partial charge in [-0.15, -0.1) is 0 Å². The number of rotatable bonds is 8. The Morgan fingerprint density at radius 2 is 1.80 bits per heavy atom. The van der Waals surface area contributed by atoms with Crippen molar-refractivity contribution < 1.29 is 13.5 Å². The lowest BCUT2D eigenvalue weighted by molar-refractivity contribution is 0.295. The molecule has 5 heteroatoms. The Bertz CT molecular complexity index is 249. The van der Waals surface area contributed by atoms with Gasteiger partial charge in [-0.05, 0) is 32.1 Å². The highest BCUT2D eigenvalue weighted by Crippen LogP contribution is 2.07. The van der Waals surface area contributed by atoms with E-state index in [-0.39, 0.29) is 18.4 Å². The molecule has 0 rings (SSSR count). The first kappa shape index (κ1) is 14.9. The smallest absolute Gasteiger partial charge is 0.211 e. The summed E-state index contributed by atoms with van der Waals surface area (Å²) in [5.41, 5.74) is 0. The van der Waals surface area contributed by atoms with Crippen molar-refractivity contribution in [1.82, 2.24) is 4.72 Å². The van der Waals surface area contributed by atoms with Crippen LogP contribution in [0.25, 0.3) is 0 Å². The largest absolute Gasteiger partial charge is 0.396 e. The Balaban J connectivity index is 3.88. The molecule has 1 unspecified atom stereocenters. The van der Waals surface area contributed by atoms with E-state index in [0.29, 0.717) is 12.3 Å². The van der Waals surface area contributed by atoms with Crippen molar-refractivity contribution in [2.75, 3.05) is 12.4 Å². The SMILES string of the molecule is CC(C)CCC(C)NS(=O)(=O)CCCO. The van der Waals surface area contributed by atoms with Crippen molar-refractivity contribution in [3.05, 3.63) is 0 Å².